The Morgan fingerprint density at radius 2 is 2.11 bits per heavy atom. The first-order valence-electron chi connectivity index (χ1n) is 4.87. The number of methoxy groups -OCH3 is 2. The number of nitriles is 1. The third kappa shape index (κ3) is 2.73. The second-order valence-corrected chi connectivity index (χ2v) is 3.62. The van der Waals surface area contributed by atoms with Gasteiger partial charge in [-0.3, -0.25) is 4.79 Å². The van der Waals surface area contributed by atoms with Gasteiger partial charge >= 0.3 is 0 Å². The molecule has 0 aliphatic heterocycles. The molecule has 0 bridgehead atoms. The lowest BCUT2D eigenvalue weighted by molar-refractivity contribution is -0.114. The van der Waals surface area contributed by atoms with Crippen LogP contribution in [0.15, 0.2) is 17.7 Å². The number of nitrogens with zero attached hydrogens (tertiary/aromatic N) is 1. The van der Waals surface area contributed by atoms with E-state index in [2.05, 4.69) is 0 Å². The molecule has 0 aliphatic carbocycles. The molecule has 5 nitrogen and oxygen atoms in total. The molecular weight excluding hydrogens is 256 g/mol. The zero-order valence-corrected chi connectivity index (χ0v) is 10.6. The number of hydrogen-bond donors (Lipinski definition) is 1. The number of carbonyl (C=O) groups is 1. The summed E-state index contributed by atoms with van der Waals surface area (Å²) >= 11 is 6.09. The fraction of sp³-hybridized carbons (Fsp3) is 0.167. The second kappa shape index (κ2) is 5.94. The maximum absolute atomic E-state index is 11.0. The zero-order valence-electron chi connectivity index (χ0n) is 9.86. The number of benzene rings is 1. The van der Waals surface area contributed by atoms with Crippen molar-refractivity contribution in [1.29, 1.82) is 5.26 Å². The topological polar surface area (TPSA) is 85.3 Å². The first-order valence-corrected chi connectivity index (χ1v) is 5.25. The predicted molar refractivity (Wildman–Crippen MR) is 67.3 cm³/mol. The molecule has 0 aliphatic rings. The Bertz CT molecular complexity index is 547. The summed E-state index contributed by atoms with van der Waals surface area (Å²) in [5.74, 6) is -0.0322. The molecule has 94 valence electrons. The van der Waals surface area contributed by atoms with E-state index < -0.39 is 5.91 Å². The first kappa shape index (κ1) is 13.9. The smallest absolute Gasteiger partial charge is 0.259 e. The normalized spacial score (nSPS) is 10.7. The third-order valence-corrected chi connectivity index (χ3v) is 2.59. The largest absolute Gasteiger partial charge is 0.493 e. The van der Waals surface area contributed by atoms with Crippen LogP contribution in [0.3, 0.4) is 0 Å². The summed E-state index contributed by atoms with van der Waals surface area (Å²) in [6, 6.07) is 4.92. The summed E-state index contributed by atoms with van der Waals surface area (Å²) in [5.41, 5.74) is 5.30. The fourth-order valence-electron chi connectivity index (χ4n) is 1.33. The fourth-order valence-corrected chi connectivity index (χ4v) is 1.62. The highest BCUT2D eigenvalue weighted by molar-refractivity contribution is 6.34. The van der Waals surface area contributed by atoms with Crippen molar-refractivity contribution in [1.82, 2.24) is 0 Å². The van der Waals surface area contributed by atoms with Gasteiger partial charge in [-0.25, -0.2) is 0 Å². The number of nitrogens with two attached hydrogens (primary N) is 1. The molecule has 0 saturated heterocycles. The summed E-state index contributed by atoms with van der Waals surface area (Å²) in [6.07, 6.45) is 1.30. The first-order chi connectivity index (χ1) is 8.54. The average Bonchev–Trinajstić information content (AvgIpc) is 2.36. The molecule has 0 fully saturated rings. The number of primary amides is 1. The van der Waals surface area contributed by atoms with E-state index in [0.29, 0.717) is 17.1 Å². The van der Waals surface area contributed by atoms with Gasteiger partial charge in [0.2, 0.25) is 0 Å². The molecule has 0 radical (unpaired) electrons. The highest BCUT2D eigenvalue weighted by Gasteiger charge is 2.13. The Hall–Kier alpha value is -2.19. The summed E-state index contributed by atoms with van der Waals surface area (Å²) < 4.78 is 10.2. The molecule has 1 amide bonds. The standard InChI is InChI=1S/C12H11ClN2O3/c1-17-9-4-3-7(10(13)11(9)18-2)5-8(6-14)12(15)16/h3-5H,1-2H3,(H2,15,16)/b8-5+. The number of hydrogen-bond acceptors (Lipinski definition) is 4. The van der Waals surface area contributed by atoms with Crippen LogP contribution < -0.4 is 15.2 Å². The van der Waals surface area contributed by atoms with Gasteiger partial charge in [0.1, 0.15) is 11.6 Å². The van der Waals surface area contributed by atoms with Crippen LogP contribution in [0.2, 0.25) is 5.02 Å². The Labute approximate surface area is 109 Å². The van der Waals surface area contributed by atoms with Crippen LogP contribution in [0.1, 0.15) is 5.56 Å². The minimum Gasteiger partial charge on any atom is -0.493 e. The molecule has 2 N–H and O–H groups in total. The lowest BCUT2D eigenvalue weighted by atomic mass is 10.1. The molecule has 1 aromatic rings. The zero-order chi connectivity index (χ0) is 13.7. The van der Waals surface area contributed by atoms with Crippen molar-refractivity contribution in [3.8, 4) is 17.6 Å². The number of rotatable bonds is 4. The third-order valence-electron chi connectivity index (χ3n) is 2.20. The van der Waals surface area contributed by atoms with E-state index in [0.717, 1.165) is 0 Å². The quantitative estimate of drug-likeness (QED) is 0.664. The molecule has 6 heteroatoms. The van der Waals surface area contributed by atoms with Gasteiger partial charge in [-0.05, 0) is 23.8 Å². The SMILES string of the molecule is COc1ccc(/C=C(\C#N)C(N)=O)c(Cl)c1OC. The van der Waals surface area contributed by atoms with Gasteiger partial charge in [0, 0.05) is 0 Å². The molecule has 0 aromatic heterocycles. The van der Waals surface area contributed by atoms with Crippen LogP contribution in [0.4, 0.5) is 0 Å². The van der Waals surface area contributed by atoms with Gasteiger partial charge < -0.3 is 15.2 Å². The van der Waals surface area contributed by atoms with Crippen molar-refractivity contribution in [2.45, 2.75) is 0 Å². The minimum absolute atomic E-state index is 0.191. The van der Waals surface area contributed by atoms with Crippen LogP contribution in [-0.2, 0) is 4.79 Å². The highest BCUT2D eigenvalue weighted by atomic mass is 35.5. The number of halogens is 1. The number of ether oxygens (including phenoxy) is 2. The molecule has 0 spiro atoms. The van der Waals surface area contributed by atoms with Gasteiger partial charge in [0.05, 0.1) is 19.2 Å². The number of carbonyl (C=O) groups excluding carboxylic acids is 1. The molecule has 1 rings (SSSR count). The summed E-state index contributed by atoms with van der Waals surface area (Å²) in [7, 11) is 2.92. The van der Waals surface area contributed by atoms with Crippen LogP contribution in [0.5, 0.6) is 11.5 Å². The molecule has 18 heavy (non-hydrogen) atoms. The molecule has 1 aromatic carbocycles. The van der Waals surface area contributed by atoms with Crippen LogP contribution in [-0.4, -0.2) is 20.1 Å². The van der Waals surface area contributed by atoms with Gasteiger partial charge in [0.15, 0.2) is 11.5 Å². The second-order valence-electron chi connectivity index (χ2n) is 3.24. The summed E-state index contributed by atoms with van der Waals surface area (Å²) in [5, 5.41) is 9.00. The van der Waals surface area contributed by atoms with E-state index in [1.54, 1.807) is 18.2 Å². The van der Waals surface area contributed by atoms with Crippen molar-refractivity contribution in [3.05, 3.63) is 28.3 Å². The van der Waals surface area contributed by atoms with Gasteiger partial charge in [-0.1, -0.05) is 11.6 Å². The summed E-state index contributed by atoms with van der Waals surface area (Å²) in [4.78, 5) is 11.0. The maximum atomic E-state index is 11.0. The molecular formula is C12H11ClN2O3. The van der Waals surface area contributed by atoms with E-state index >= 15 is 0 Å². The monoisotopic (exact) mass is 266 g/mol. The van der Waals surface area contributed by atoms with Crippen molar-refractivity contribution < 1.29 is 14.3 Å². The van der Waals surface area contributed by atoms with E-state index in [9.17, 15) is 4.79 Å². The molecule has 0 heterocycles. The summed E-state index contributed by atoms with van der Waals surface area (Å²) in [6.45, 7) is 0. The van der Waals surface area contributed by atoms with E-state index in [1.165, 1.54) is 20.3 Å². The Morgan fingerprint density at radius 3 is 2.56 bits per heavy atom. The number of amides is 1. The van der Waals surface area contributed by atoms with Crippen molar-refractivity contribution in [3.63, 3.8) is 0 Å². The van der Waals surface area contributed by atoms with Gasteiger partial charge in [-0.15, -0.1) is 0 Å². The van der Waals surface area contributed by atoms with Crippen LogP contribution >= 0.6 is 11.6 Å². The molecule has 0 unspecified atom stereocenters. The average molecular weight is 267 g/mol. The van der Waals surface area contributed by atoms with Crippen molar-refractivity contribution >= 4 is 23.6 Å². The van der Waals surface area contributed by atoms with E-state index in [1.807, 2.05) is 0 Å². The Kier molecular flexibility index (Phi) is 4.58. The van der Waals surface area contributed by atoms with E-state index in [4.69, 9.17) is 32.1 Å². The maximum Gasteiger partial charge on any atom is 0.259 e. The van der Waals surface area contributed by atoms with E-state index in [-0.39, 0.29) is 10.6 Å². The Balaban J connectivity index is 3.37. The minimum atomic E-state index is -0.816. The highest BCUT2D eigenvalue weighted by Crippen LogP contribution is 2.38. The Morgan fingerprint density at radius 1 is 1.44 bits per heavy atom. The van der Waals surface area contributed by atoms with Crippen LogP contribution in [0.25, 0.3) is 6.08 Å². The van der Waals surface area contributed by atoms with Crippen molar-refractivity contribution in [2.24, 2.45) is 5.73 Å². The van der Waals surface area contributed by atoms with Gasteiger partial charge in [-0.2, -0.15) is 5.26 Å². The lowest BCUT2D eigenvalue weighted by Crippen LogP contribution is -2.12. The van der Waals surface area contributed by atoms with Gasteiger partial charge in [0.25, 0.3) is 5.91 Å². The molecule has 0 saturated carbocycles. The predicted octanol–water partition coefficient (Wildman–Crippen LogP) is 1.75. The van der Waals surface area contributed by atoms with Crippen LogP contribution in [0, 0.1) is 11.3 Å². The lowest BCUT2D eigenvalue weighted by Gasteiger charge is -2.10. The molecule has 0 atom stereocenters. The van der Waals surface area contributed by atoms with Crippen molar-refractivity contribution in [2.75, 3.05) is 14.2 Å².